The summed E-state index contributed by atoms with van der Waals surface area (Å²) in [5, 5.41) is 4.69. The van der Waals surface area contributed by atoms with E-state index in [0.29, 0.717) is 6.04 Å². The molecule has 3 heterocycles. The van der Waals surface area contributed by atoms with Crippen molar-refractivity contribution in [2.45, 2.75) is 31.7 Å². The van der Waals surface area contributed by atoms with Crippen LogP contribution in [0.25, 0.3) is 39.0 Å². The smallest absolute Gasteiger partial charge is 0.0903 e. The summed E-state index contributed by atoms with van der Waals surface area (Å²) in [6, 6.07) is 17.4. The van der Waals surface area contributed by atoms with E-state index in [4.69, 9.17) is 9.98 Å². The Morgan fingerprint density at radius 1 is 0.929 bits per heavy atom. The summed E-state index contributed by atoms with van der Waals surface area (Å²) in [6.45, 7) is 0. The van der Waals surface area contributed by atoms with Crippen LogP contribution < -0.4 is 10.7 Å². The van der Waals surface area contributed by atoms with Crippen molar-refractivity contribution >= 4 is 33.6 Å². The normalized spacial score (nSPS) is 19.3. The molecular formula is C25H19N3. The van der Waals surface area contributed by atoms with E-state index in [1.54, 1.807) is 0 Å². The summed E-state index contributed by atoms with van der Waals surface area (Å²) in [5.41, 5.74) is 8.64. The Morgan fingerprint density at radius 2 is 1.82 bits per heavy atom. The van der Waals surface area contributed by atoms with Gasteiger partial charge in [-0.15, -0.1) is 0 Å². The number of nitrogens with one attached hydrogen (secondary N) is 1. The van der Waals surface area contributed by atoms with E-state index < -0.39 is 0 Å². The van der Waals surface area contributed by atoms with Gasteiger partial charge in [0.25, 0.3) is 0 Å². The monoisotopic (exact) mass is 361 g/mol. The van der Waals surface area contributed by atoms with E-state index in [-0.39, 0.29) is 0 Å². The molecule has 28 heavy (non-hydrogen) atoms. The molecule has 1 atom stereocenters. The standard InChI is InChI=1S/C25H19N3/c1-4-10-18-14(7-1)13-17-21-15-8-2-5-11-19(15)27-24(21)22-16-9-3-6-12-20(16)28-25(22)23(17)26-18/h2-3,5-6,8-9,11-13,18,28H,1,4,7,10H2. The van der Waals surface area contributed by atoms with E-state index in [2.05, 4.69) is 59.6 Å². The molecule has 3 aromatic carbocycles. The lowest BCUT2D eigenvalue weighted by molar-refractivity contribution is 0.531. The van der Waals surface area contributed by atoms with Crippen molar-refractivity contribution in [1.29, 1.82) is 0 Å². The first kappa shape index (κ1) is 14.8. The number of rotatable bonds is 0. The van der Waals surface area contributed by atoms with E-state index >= 15 is 0 Å². The molecule has 3 nitrogen and oxygen atoms in total. The van der Waals surface area contributed by atoms with Crippen molar-refractivity contribution in [1.82, 2.24) is 4.98 Å². The molecule has 134 valence electrons. The van der Waals surface area contributed by atoms with Gasteiger partial charge in [-0.2, -0.15) is 0 Å². The first-order chi connectivity index (χ1) is 13.9. The molecule has 1 aromatic heterocycles. The average Bonchev–Trinajstić information content (AvgIpc) is 3.31. The van der Waals surface area contributed by atoms with Crippen LogP contribution in [-0.2, 0) is 0 Å². The molecule has 1 fully saturated rings. The van der Waals surface area contributed by atoms with Crippen LogP contribution in [0.1, 0.15) is 31.2 Å². The Balaban J connectivity index is 1.74. The summed E-state index contributed by atoms with van der Waals surface area (Å²) in [6.07, 6.45) is 7.34. The van der Waals surface area contributed by atoms with Gasteiger partial charge < -0.3 is 4.98 Å². The van der Waals surface area contributed by atoms with Crippen LogP contribution >= 0.6 is 0 Å². The predicted octanol–water partition coefficient (Wildman–Crippen LogP) is 5.21. The molecule has 1 saturated carbocycles. The molecule has 7 rings (SSSR count). The minimum absolute atomic E-state index is 0.350. The number of hydrogen-bond acceptors (Lipinski definition) is 2. The third kappa shape index (κ3) is 1.79. The zero-order valence-electron chi connectivity index (χ0n) is 15.5. The minimum atomic E-state index is 0.350. The molecule has 0 amide bonds. The lowest BCUT2D eigenvalue weighted by Crippen LogP contribution is -2.27. The zero-order valence-corrected chi connectivity index (χ0v) is 15.5. The number of H-pyrrole nitrogens is 1. The zero-order chi connectivity index (χ0) is 18.2. The second-order valence-corrected chi connectivity index (χ2v) is 8.15. The van der Waals surface area contributed by atoms with Crippen LogP contribution in [0.3, 0.4) is 0 Å². The highest BCUT2D eigenvalue weighted by atomic mass is 14.8. The van der Waals surface area contributed by atoms with Gasteiger partial charge in [0.2, 0.25) is 0 Å². The molecule has 0 saturated heterocycles. The Morgan fingerprint density at radius 3 is 2.82 bits per heavy atom. The van der Waals surface area contributed by atoms with Crippen molar-refractivity contribution in [3.05, 3.63) is 70.4 Å². The fourth-order valence-electron chi connectivity index (χ4n) is 5.31. The number of aromatic amines is 1. The van der Waals surface area contributed by atoms with Crippen molar-refractivity contribution in [2.75, 3.05) is 0 Å². The van der Waals surface area contributed by atoms with Gasteiger partial charge in [0.1, 0.15) is 0 Å². The lowest BCUT2D eigenvalue weighted by Gasteiger charge is -2.26. The van der Waals surface area contributed by atoms with Gasteiger partial charge in [0.05, 0.1) is 28.0 Å². The van der Waals surface area contributed by atoms with Gasteiger partial charge in [0, 0.05) is 33.0 Å². The average molecular weight is 361 g/mol. The molecule has 3 heteroatoms. The topological polar surface area (TPSA) is 40.5 Å². The maximum Gasteiger partial charge on any atom is 0.0903 e. The van der Waals surface area contributed by atoms with Gasteiger partial charge in [-0.1, -0.05) is 48.9 Å². The van der Waals surface area contributed by atoms with Gasteiger partial charge in [-0.3, -0.25) is 4.99 Å². The van der Waals surface area contributed by atoms with Gasteiger partial charge in [-0.25, -0.2) is 4.99 Å². The lowest BCUT2D eigenvalue weighted by atomic mass is 9.85. The summed E-state index contributed by atoms with van der Waals surface area (Å²) < 4.78 is 0. The first-order valence-corrected chi connectivity index (χ1v) is 10.2. The van der Waals surface area contributed by atoms with Crippen molar-refractivity contribution in [2.24, 2.45) is 9.98 Å². The fourth-order valence-corrected chi connectivity index (χ4v) is 5.31. The van der Waals surface area contributed by atoms with Crippen molar-refractivity contribution in [3.63, 3.8) is 0 Å². The maximum absolute atomic E-state index is 5.30. The van der Waals surface area contributed by atoms with Crippen molar-refractivity contribution < 1.29 is 0 Å². The molecule has 0 radical (unpaired) electrons. The van der Waals surface area contributed by atoms with Crippen LogP contribution in [0, 0.1) is 0 Å². The number of nitrogens with zero attached hydrogens (tertiary/aromatic N) is 2. The van der Waals surface area contributed by atoms with Crippen LogP contribution in [0.15, 0.2) is 64.1 Å². The molecular weight excluding hydrogens is 342 g/mol. The highest BCUT2D eigenvalue weighted by Gasteiger charge is 2.28. The Kier molecular flexibility index (Phi) is 2.75. The van der Waals surface area contributed by atoms with Crippen LogP contribution in [-0.4, -0.2) is 11.0 Å². The largest absolute Gasteiger partial charge is 0.353 e. The van der Waals surface area contributed by atoms with E-state index in [1.807, 2.05) is 0 Å². The second kappa shape index (κ2) is 5.20. The maximum atomic E-state index is 5.30. The Labute approximate surface area is 162 Å². The number of hydrogen-bond donors (Lipinski definition) is 1. The number of fused-ring (bicyclic) bond motifs is 11. The first-order valence-electron chi connectivity index (χ1n) is 10.2. The fraction of sp³-hybridized carbons (Fsp3) is 0.200. The van der Waals surface area contributed by atoms with Gasteiger partial charge in [0.15, 0.2) is 0 Å². The summed E-state index contributed by atoms with van der Waals surface area (Å²) in [7, 11) is 0. The molecule has 1 unspecified atom stereocenters. The summed E-state index contributed by atoms with van der Waals surface area (Å²) >= 11 is 0. The Hall–Kier alpha value is -3.20. The van der Waals surface area contributed by atoms with Crippen LogP contribution in [0.5, 0.6) is 0 Å². The molecule has 4 aromatic rings. The quantitative estimate of drug-likeness (QED) is 0.393. The number of benzene rings is 3. The van der Waals surface area contributed by atoms with Crippen LogP contribution in [0.4, 0.5) is 5.69 Å². The number of para-hydroxylation sites is 2. The Bertz CT molecular complexity index is 1470. The third-order valence-corrected chi connectivity index (χ3v) is 6.58. The van der Waals surface area contributed by atoms with Gasteiger partial charge >= 0.3 is 0 Å². The van der Waals surface area contributed by atoms with Crippen molar-refractivity contribution in [3.8, 4) is 11.1 Å². The SMILES string of the molecule is C1=C2CCCCC2N=c2c1c1c(c3c2[nH]c2ccccc23)=Nc2ccccc2-1. The van der Waals surface area contributed by atoms with Gasteiger partial charge in [-0.05, 0) is 37.0 Å². The summed E-state index contributed by atoms with van der Waals surface area (Å²) in [4.78, 5) is 14.1. The molecule has 0 bridgehead atoms. The molecule has 2 aliphatic heterocycles. The number of aromatic nitrogens is 1. The van der Waals surface area contributed by atoms with E-state index in [1.165, 1.54) is 58.7 Å². The van der Waals surface area contributed by atoms with E-state index in [0.717, 1.165) is 27.4 Å². The molecule has 0 spiro atoms. The predicted molar refractivity (Wildman–Crippen MR) is 113 cm³/mol. The summed E-state index contributed by atoms with van der Waals surface area (Å²) in [5.74, 6) is 0. The van der Waals surface area contributed by atoms with E-state index in [9.17, 15) is 0 Å². The molecule has 1 N–H and O–H groups in total. The minimum Gasteiger partial charge on any atom is -0.353 e. The highest BCUT2D eigenvalue weighted by Crippen LogP contribution is 2.39. The second-order valence-electron chi connectivity index (χ2n) is 8.15. The molecule has 3 aliphatic rings. The third-order valence-electron chi connectivity index (χ3n) is 6.58. The molecule has 1 aliphatic carbocycles. The highest BCUT2D eigenvalue weighted by molar-refractivity contribution is 6.10. The van der Waals surface area contributed by atoms with Crippen LogP contribution in [0.2, 0.25) is 0 Å².